The molecule has 0 saturated heterocycles. The minimum atomic E-state index is -3.74. The number of benzene rings is 2. The van der Waals surface area contributed by atoms with Crippen molar-refractivity contribution >= 4 is 21.6 Å². The molecule has 3 rings (SSSR count). The highest BCUT2D eigenvalue weighted by Gasteiger charge is 2.15. The Kier molecular flexibility index (Phi) is 6.51. The number of rotatable bonds is 8. The molecule has 0 bridgehead atoms. The van der Waals surface area contributed by atoms with Crippen LogP contribution >= 0.6 is 0 Å². The number of nitrogens with zero attached hydrogens (tertiary/aromatic N) is 2. The lowest BCUT2D eigenvalue weighted by Gasteiger charge is -2.10. The van der Waals surface area contributed by atoms with Crippen LogP contribution in [0, 0.1) is 20.8 Å². The van der Waals surface area contributed by atoms with E-state index in [1.165, 1.54) is 24.3 Å². The highest BCUT2D eigenvalue weighted by atomic mass is 32.2. The van der Waals surface area contributed by atoms with E-state index < -0.39 is 10.0 Å². The summed E-state index contributed by atoms with van der Waals surface area (Å²) >= 11 is 0. The molecular formula is C21H24N4O4S. The number of hydrogen-bond acceptors (Lipinski definition) is 6. The molecule has 2 aromatic carbocycles. The summed E-state index contributed by atoms with van der Waals surface area (Å²) in [5.74, 6) is 0.839. The number of hydrogen-bond donors (Lipinski definition) is 2. The van der Waals surface area contributed by atoms with Crippen LogP contribution in [0.15, 0.2) is 51.9 Å². The smallest absolute Gasteiger partial charge is 0.261 e. The average molecular weight is 429 g/mol. The van der Waals surface area contributed by atoms with E-state index in [0.717, 1.165) is 11.1 Å². The molecule has 1 amide bonds. The van der Waals surface area contributed by atoms with Crippen LogP contribution in [0.25, 0.3) is 0 Å². The van der Waals surface area contributed by atoms with E-state index in [1.807, 2.05) is 19.9 Å². The zero-order chi connectivity index (χ0) is 21.7. The number of nitrogens with one attached hydrogen (secondary N) is 2. The van der Waals surface area contributed by atoms with E-state index in [1.54, 1.807) is 19.1 Å². The van der Waals surface area contributed by atoms with Gasteiger partial charge in [-0.25, -0.2) is 8.42 Å². The summed E-state index contributed by atoms with van der Waals surface area (Å²) in [6.07, 6.45) is 1.22. The van der Waals surface area contributed by atoms with E-state index in [2.05, 4.69) is 20.2 Å². The van der Waals surface area contributed by atoms with Crippen molar-refractivity contribution in [1.29, 1.82) is 0 Å². The maximum absolute atomic E-state index is 12.6. The van der Waals surface area contributed by atoms with Gasteiger partial charge in [0.2, 0.25) is 5.89 Å². The van der Waals surface area contributed by atoms with Crippen molar-refractivity contribution in [3.05, 3.63) is 70.9 Å². The fraction of sp³-hybridized carbons (Fsp3) is 0.286. The van der Waals surface area contributed by atoms with Gasteiger partial charge in [-0.05, 0) is 74.7 Å². The molecule has 1 aromatic heterocycles. The zero-order valence-electron chi connectivity index (χ0n) is 17.1. The number of carbonyl (C=O) groups is 1. The first-order valence-corrected chi connectivity index (χ1v) is 11.0. The Balaban J connectivity index is 1.56. The van der Waals surface area contributed by atoms with Crippen LogP contribution in [0.1, 0.15) is 39.6 Å². The SMILES string of the molecule is Cc1noc(CCCNC(=O)c2ccc(S(=O)(=O)Nc3ccc(C)c(C)c3)cc2)n1. The van der Waals surface area contributed by atoms with E-state index in [0.29, 0.717) is 42.4 Å². The Hall–Kier alpha value is -3.20. The lowest BCUT2D eigenvalue weighted by molar-refractivity contribution is 0.0953. The van der Waals surface area contributed by atoms with E-state index in [-0.39, 0.29) is 10.8 Å². The van der Waals surface area contributed by atoms with Crippen molar-refractivity contribution < 1.29 is 17.7 Å². The Labute approximate surface area is 175 Å². The Bertz CT molecular complexity index is 1140. The molecule has 0 aliphatic carbocycles. The molecule has 0 fully saturated rings. The number of carbonyl (C=O) groups excluding carboxylic acids is 1. The fourth-order valence-electron chi connectivity index (χ4n) is 2.79. The van der Waals surface area contributed by atoms with Crippen LogP contribution in [-0.4, -0.2) is 31.0 Å². The van der Waals surface area contributed by atoms with Crippen molar-refractivity contribution in [3.63, 3.8) is 0 Å². The third kappa shape index (κ3) is 5.44. The zero-order valence-corrected chi connectivity index (χ0v) is 17.9. The van der Waals surface area contributed by atoms with Crippen LogP contribution in [-0.2, 0) is 16.4 Å². The summed E-state index contributed by atoms with van der Waals surface area (Å²) in [5.41, 5.74) is 2.96. The molecule has 2 N–H and O–H groups in total. The number of sulfonamides is 1. The standard InChI is InChI=1S/C21H24N4O4S/c1-14-6-9-18(13-15(14)2)25-30(27,28)19-10-7-17(8-11-19)21(26)22-12-4-5-20-23-16(3)24-29-20/h6-11,13,25H,4-5,12H2,1-3H3,(H,22,26). The van der Waals surface area contributed by atoms with Crippen molar-refractivity contribution in [2.45, 2.75) is 38.5 Å². The number of amides is 1. The van der Waals surface area contributed by atoms with Crippen molar-refractivity contribution in [2.75, 3.05) is 11.3 Å². The number of aromatic nitrogens is 2. The van der Waals surface area contributed by atoms with Gasteiger partial charge in [-0.15, -0.1) is 0 Å². The highest BCUT2D eigenvalue weighted by molar-refractivity contribution is 7.92. The number of anilines is 1. The van der Waals surface area contributed by atoms with Gasteiger partial charge in [0.25, 0.3) is 15.9 Å². The van der Waals surface area contributed by atoms with Gasteiger partial charge in [0.05, 0.1) is 4.90 Å². The van der Waals surface area contributed by atoms with Crippen LogP contribution in [0.2, 0.25) is 0 Å². The molecule has 0 aliphatic rings. The third-order valence-electron chi connectivity index (χ3n) is 4.61. The molecule has 0 radical (unpaired) electrons. The first kappa shape index (κ1) is 21.5. The highest BCUT2D eigenvalue weighted by Crippen LogP contribution is 2.19. The summed E-state index contributed by atoms with van der Waals surface area (Å²) in [5, 5.41) is 6.50. The van der Waals surface area contributed by atoms with Gasteiger partial charge >= 0.3 is 0 Å². The van der Waals surface area contributed by atoms with Gasteiger partial charge < -0.3 is 9.84 Å². The van der Waals surface area contributed by atoms with Crippen LogP contribution in [0.3, 0.4) is 0 Å². The topological polar surface area (TPSA) is 114 Å². The molecule has 8 nitrogen and oxygen atoms in total. The van der Waals surface area contributed by atoms with Crippen LogP contribution < -0.4 is 10.0 Å². The van der Waals surface area contributed by atoms with Crippen LogP contribution in [0.5, 0.6) is 0 Å². The average Bonchev–Trinajstić information content (AvgIpc) is 3.13. The molecule has 0 unspecified atom stereocenters. The van der Waals surface area contributed by atoms with E-state index in [4.69, 9.17) is 4.52 Å². The second-order valence-corrected chi connectivity index (χ2v) is 8.71. The molecule has 158 valence electrons. The molecule has 3 aromatic rings. The van der Waals surface area contributed by atoms with Crippen molar-refractivity contribution in [3.8, 4) is 0 Å². The lowest BCUT2D eigenvalue weighted by atomic mass is 10.1. The van der Waals surface area contributed by atoms with Gasteiger partial charge in [0, 0.05) is 24.2 Å². The normalized spacial score (nSPS) is 11.3. The van der Waals surface area contributed by atoms with Crippen molar-refractivity contribution in [2.24, 2.45) is 0 Å². The predicted octanol–water partition coefficient (Wildman–Crippen LogP) is 3.16. The minimum Gasteiger partial charge on any atom is -0.352 e. The third-order valence-corrected chi connectivity index (χ3v) is 6.01. The summed E-state index contributed by atoms with van der Waals surface area (Å²) in [7, 11) is -3.74. The summed E-state index contributed by atoms with van der Waals surface area (Å²) in [6.45, 7) is 6.07. The molecule has 0 saturated carbocycles. The van der Waals surface area contributed by atoms with E-state index >= 15 is 0 Å². The summed E-state index contributed by atoms with van der Waals surface area (Å²) in [4.78, 5) is 16.4. The molecule has 9 heteroatoms. The first-order chi connectivity index (χ1) is 14.2. The maximum atomic E-state index is 12.6. The van der Waals surface area contributed by atoms with Gasteiger partial charge in [-0.2, -0.15) is 4.98 Å². The van der Waals surface area contributed by atoms with Gasteiger partial charge in [-0.3, -0.25) is 9.52 Å². The Morgan fingerprint density at radius 3 is 2.40 bits per heavy atom. The first-order valence-electron chi connectivity index (χ1n) is 9.52. The number of aryl methyl sites for hydroxylation is 4. The molecule has 0 atom stereocenters. The van der Waals surface area contributed by atoms with Gasteiger partial charge in [-0.1, -0.05) is 11.2 Å². The van der Waals surface area contributed by atoms with Gasteiger partial charge in [0.1, 0.15) is 0 Å². The quantitative estimate of drug-likeness (QED) is 0.533. The summed E-state index contributed by atoms with van der Waals surface area (Å²) < 4.78 is 32.8. The monoisotopic (exact) mass is 428 g/mol. The maximum Gasteiger partial charge on any atom is 0.261 e. The molecule has 1 heterocycles. The summed E-state index contributed by atoms with van der Waals surface area (Å²) in [6, 6.07) is 11.2. The molecule has 30 heavy (non-hydrogen) atoms. The second kappa shape index (κ2) is 9.08. The molecular weight excluding hydrogens is 404 g/mol. The largest absolute Gasteiger partial charge is 0.352 e. The molecule has 0 aliphatic heterocycles. The lowest BCUT2D eigenvalue weighted by Crippen LogP contribution is -2.25. The van der Waals surface area contributed by atoms with E-state index in [9.17, 15) is 13.2 Å². The Morgan fingerprint density at radius 1 is 1.03 bits per heavy atom. The minimum absolute atomic E-state index is 0.0871. The van der Waals surface area contributed by atoms with Crippen LogP contribution in [0.4, 0.5) is 5.69 Å². The van der Waals surface area contributed by atoms with Crippen molar-refractivity contribution in [1.82, 2.24) is 15.5 Å². The Morgan fingerprint density at radius 2 is 1.77 bits per heavy atom. The molecule has 0 spiro atoms. The fourth-order valence-corrected chi connectivity index (χ4v) is 3.84. The van der Waals surface area contributed by atoms with Gasteiger partial charge in [0.15, 0.2) is 5.82 Å². The predicted molar refractivity (Wildman–Crippen MR) is 113 cm³/mol. The second-order valence-electron chi connectivity index (χ2n) is 7.02.